The van der Waals surface area contributed by atoms with E-state index >= 15 is 0 Å². The van der Waals surface area contributed by atoms with Crippen LogP contribution in [-0.4, -0.2) is 13.1 Å². The van der Waals surface area contributed by atoms with Gasteiger partial charge in [0.25, 0.3) is 5.79 Å². The monoisotopic (exact) mass is 323 g/mol. The molecule has 2 heterocycles. The van der Waals surface area contributed by atoms with E-state index in [2.05, 4.69) is 49.5 Å². The normalized spacial score (nSPS) is 23.5. The van der Waals surface area contributed by atoms with Crippen LogP contribution in [0.1, 0.15) is 47.9 Å². The first-order valence-corrected chi connectivity index (χ1v) is 8.86. The van der Waals surface area contributed by atoms with E-state index in [1.165, 1.54) is 16.7 Å². The molecule has 0 radical (unpaired) electrons. The molecule has 0 aliphatic carbocycles. The third kappa shape index (κ3) is 2.57. The fourth-order valence-electron chi connectivity index (χ4n) is 4.04. The molecule has 0 bridgehead atoms. The van der Waals surface area contributed by atoms with Crippen molar-refractivity contribution in [3.63, 3.8) is 0 Å². The Balaban J connectivity index is 1.70. The van der Waals surface area contributed by atoms with E-state index in [4.69, 9.17) is 9.47 Å². The lowest BCUT2D eigenvalue weighted by Gasteiger charge is -2.27. The van der Waals surface area contributed by atoms with Crippen molar-refractivity contribution in [2.24, 2.45) is 0 Å². The summed E-state index contributed by atoms with van der Waals surface area (Å²) in [4.78, 5) is 0. The molecule has 24 heavy (non-hydrogen) atoms. The predicted octanol–water partition coefficient (Wildman–Crippen LogP) is 4.41. The van der Waals surface area contributed by atoms with Gasteiger partial charge in [0.05, 0.1) is 0 Å². The van der Waals surface area contributed by atoms with Crippen molar-refractivity contribution < 1.29 is 9.47 Å². The van der Waals surface area contributed by atoms with Crippen LogP contribution in [0.4, 0.5) is 0 Å². The van der Waals surface area contributed by atoms with Crippen LogP contribution < -0.4 is 14.8 Å². The van der Waals surface area contributed by atoms with Crippen LogP contribution in [-0.2, 0) is 5.79 Å². The summed E-state index contributed by atoms with van der Waals surface area (Å²) in [5, 5.41) is 3.43. The van der Waals surface area contributed by atoms with Gasteiger partial charge in [-0.2, -0.15) is 0 Å². The van der Waals surface area contributed by atoms with E-state index in [1.807, 2.05) is 13.0 Å². The average Bonchev–Trinajstić information content (AvgIpc) is 2.92. The number of hydrogen-bond acceptors (Lipinski definition) is 3. The fraction of sp³-hybridized carbons (Fsp3) is 0.429. The zero-order valence-electron chi connectivity index (χ0n) is 14.7. The number of hydrogen-bond donors (Lipinski definition) is 1. The maximum atomic E-state index is 6.44. The molecule has 1 atom stereocenters. The van der Waals surface area contributed by atoms with Crippen LogP contribution in [0.15, 0.2) is 36.4 Å². The molecule has 3 nitrogen and oxygen atoms in total. The molecule has 1 N–H and O–H groups in total. The summed E-state index contributed by atoms with van der Waals surface area (Å²) in [5.41, 5.74) is 4.85. The van der Waals surface area contributed by atoms with Gasteiger partial charge in [-0.05, 0) is 57.3 Å². The maximum absolute atomic E-state index is 6.44. The largest absolute Gasteiger partial charge is 0.445 e. The second kappa shape index (κ2) is 5.82. The van der Waals surface area contributed by atoms with Crippen molar-refractivity contribution in [1.82, 2.24) is 5.32 Å². The topological polar surface area (TPSA) is 30.5 Å². The van der Waals surface area contributed by atoms with E-state index < -0.39 is 5.79 Å². The van der Waals surface area contributed by atoms with Gasteiger partial charge in [-0.3, -0.25) is 0 Å². The van der Waals surface area contributed by atoms with Crippen molar-refractivity contribution in [2.75, 3.05) is 13.1 Å². The number of nitrogens with one attached hydrogen (secondary N) is 1. The number of rotatable bonds is 2. The summed E-state index contributed by atoms with van der Waals surface area (Å²) in [6.45, 7) is 8.40. The standard InChI is InChI=1S/C21H25NO2/c1-14-7-8-18(15(2)13-14)21(3)23-19-6-4-5-17(20(19)24-21)16-9-11-22-12-10-16/h4-8,13,16,22H,9-12H2,1-3H3. The van der Waals surface area contributed by atoms with Crippen LogP contribution in [0.5, 0.6) is 11.5 Å². The number of aryl methyl sites for hydroxylation is 2. The first-order valence-electron chi connectivity index (χ1n) is 8.86. The minimum Gasteiger partial charge on any atom is -0.445 e. The first kappa shape index (κ1) is 15.5. The Morgan fingerprint density at radius 2 is 1.83 bits per heavy atom. The highest BCUT2D eigenvalue weighted by Gasteiger charge is 2.41. The van der Waals surface area contributed by atoms with E-state index in [0.717, 1.165) is 43.0 Å². The Morgan fingerprint density at radius 3 is 2.58 bits per heavy atom. The molecule has 1 unspecified atom stereocenters. The van der Waals surface area contributed by atoms with Crippen molar-refractivity contribution in [1.29, 1.82) is 0 Å². The Bertz CT molecular complexity index is 764. The Hall–Kier alpha value is -2.00. The second-order valence-corrected chi connectivity index (χ2v) is 7.17. The molecular weight excluding hydrogens is 298 g/mol. The van der Waals surface area contributed by atoms with E-state index in [-0.39, 0.29) is 0 Å². The van der Waals surface area contributed by atoms with Gasteiger partial charge in [-0.1, -0.05) is 35.9 Å². The fourth-order valence-corrected chi connectivity index (χ4v) is 4.04. The summed E-state index contributed by atoms with van der Waals surface area (Å²) < 4.78 is 12.7. The van der Waals surface area contributed by atoms with Crippen LogP contribution in [0.3, 0.4) is 0 Å². The molecule has 126 valence electrons. The van der Waals surface area contributed by atoms with Crippen LogP contribution in [0.25, 0.3) is 0 Å². The quantitative estimate of drug-likeness (QED) is 0.888. The van der Waals surface area contributed by atoms with E-state index in [0.29, 0.717) is 5.92 Å². The molecular formula is C21H25NO2. The minimum atomic E-state index is -0.747. The zero-order chi connectivity index (χ0) is 16.7. The van der Waals surface area contributed by atoms with Gasteiger partial charge in [0.2, 0.25) is 0 Å². The summed E-state index contributed by atoms with van der Waals surface area (Å²) in [6.07, 6.45) is 2.31. The highest BCUT2D eigenvalue weighted by Crippen LogP contribution is 2.49. The molecule has 2 aromatic rings. The number of para-hydroxylation sites is 1. The number of benzene rings is 2. The lowest BCUT2D eigenvalue weighted by molar-refractivity contribution is -0.0689. The van der Waals surface area contributed by atoms with Crippen LogP contribution >= 0.6 is 0 Å². The van der Waals surface area contributed by atoms with Crippen molar-refractivity contribution >= 4 is 0 Å². The van der Waals surface area contributed by atoms with E-state index in [1.54, 1.807) is 0 Å². The van der Waals surface area contributed by atoms with Crippen molar-refractivity contribution in [3.8, 4) is 11.5 Å². The summed E-state index contributed by atoms with van der Waals surface area (Å²) in [7, 11) is 0. The molecule has 4 rings (SSSR count). The van der Waals surface area contributed by atoms with E-state index in [9.17, 15) is 0 Å². The summed E-state index contributed by atoms with van der Waals surface area (Å²) in [6, 6.07) is 12.7. The minimum absolute atomic E-state index is 0.547. The Kier molecular flexibility index (Phi) is 3.76. The maximum Gasteiger partial charge on any atom is 0.275 e. The number of piperidine rings is 1. The predicted molar refractivity (Wildman–Crippen MR) is 95.8 cm³/mol. The van der Waals surface area contributed by atoms with Crippen molar-refractivity contribution in [2.45, 2.75) is 45.3 Å². The van der Waals surface area contributed by atoms with Crippen LogP contribution in [0, 0.1) is 13.8 Å². The SMILES string of the molecule is Cc1ccc(C2(C)Oc3cccc(C4CCNCC4)c3O2)c(C)c1. The first-order chi connectivity index (χ1) is 11.6. The smallest absolute Gasteiger partial charge is 0.275 e. The average molecular weight is 323 g/mol. The molecule has 1 fully saturated rings. The molecule has 0 saturated carbocycles. The lowest BCUT2D eigenvalue weighted by atomic mass is 9.89. The Morgan fingerprint density at radius 1 is 1.04 bits per heavy atom. The van der Waals surface area contributed by atoms with Crippen molar-refractivity contribution in [3.05, 3.63) is 58.7 Å². The molecule has 0 amide bonds. The summed E-state index contributed by atoms with van der Waals surface area (Å²) in [5.74, 6) is 1.61. The third-order valence-electron chi connectivity index (χ3n) is 5.26. The number of fused-ring (bicyclic) bond motifs is 1. The highest BCUT2D eigenvalue weighted by atomic mass is 16.7. The van der Waals surface area contributed by atoms with Gasteiger partial charge in [0.15, 0.2) is 11.5 Å². The molecule has 0 aromatic heterocycles. The van der Waals surface area contributed by atoms with Crippen LogP contribution in [0.2, 0.25) is 0 Å². The lowest BCUT2D eigenvalue weighted by Crippen LogP contribution is -2.32. The molecule has 2 aromatic carbocycles. The van der Waals surface area contributed by atoms with Gasteiger partial charge in [-0.15, -0.1) is 0 Å². The molecule has 2 aliphatic heterocycles. The molecule has 3 heteroatoms. The molecule has 1 saturated heterocycles. The zero-order valence-corrected chi connectivity index (χ0v) is 14.7. The third-order valence-corrected chi connectivity index (χ3v) is 5.26. The highest BCUT2D eigenvalue weighted by molar-refractivity contribution is 5.52. The summed E-state index contributed by atoms with van der Waals surface area (Å²) >= 11 is 0. The van der Waals surface area contributed by atoms with Gasteiger partial charge in [-0.25, -0.2) is 0 Å². The van der Waals surface area contributed by atoms with Gasteiger partial charge in [0.1, 0.15) is 0 Å². The van der Waals surface area contributed by atoms with Gasteiger partial charge in [0, 0.05) is 18.1 Å². The Labute approximate surface area is 144 Å². The second-order valence-electron chi connectivity index (χ2n) is 7.17. The van der Waals surface area contributed by atoms with Gasteiger partial charge >= 0.3 is 0 Å². The molecule has 0 spiro atoms. The van der Waals surface area contributed by atoms with Gasteiger partial charge < -0.3 is 14.8 Å². The number of ether oxygens (including phenoxy) is 2. The molecule has 2 aliphatic rings.